The molecule has 8 nitrogen and oxygen atoms in total. The van der Waals surface area contributed by atoms with Crippen LogP contribution in [-0.4, -0.2) is 53.0 Å². The largest absolute Gasteiger partial charge is 0.497 e. The van der Waals surface area contributed by atoms with E-state index in [1.54, 1.807) is 20.2 Å². The molecule has 2 aromatic rings. The lowest BCUT2D eigenvalue weighted by Crippen LogP contribution is -2.30. The standard InChI is InChI=1S/C19H22N2O6S/c1-20-28(24,25)17-9-5-7-15(11-17)19(23)27-13-18(22)21(2)12-14-6-4-8-16(10-14)26-3/h4-11,20H,12-13H2,1-3H3. The summed E-state index contributed by atoms with van der Waals surface area (Å²) < 4.78 is 36.0. The van der Waals surface area contributed by atoms with Crippen LogP contribution in [0.2, 0.25) is 0 Å². The fraction of sp³-hybridized carbons (Fsp3) is 0.263. The van der Waals surface area contributed by atoms with Crippen molar-refractivity contribution in [2.45, 2.75) is 11.4 Å². The molecule has 1 amide bonds. The maximum absolute atomic E-state index is 12.2. The fourth-order valence-electron chi connectivity index (χ4n) is 2.36. The average Bonchev–Trinajstić information content (AvgIpc) is 2.71. The monoisotopic (exact) mass is 406 g/mol. The summed E-state index contributed by atoms with van der Waals surface area (Å²) >= 11 is 0. The van der Waals surface area contributed by atoms with Gasteiger partial charge in [-0.2, -0.15) is 0 Å². The van der Waals surface area contributed by atoms with Crippen molar-refractivity contribution in [2.24, 2.45) is 0 Å². The Labute approximate surface area is 164 Å². The Hall–Kier alpha value is -2.91. The molecule has 2 aromatic carbocycles. The average molecular weight is 406 g/mol. The lowest BCUT2D eigenvalue weighted by Gasteiger charge is -2.17. The van der Waals surface area contributed by atoms with Gasteiger partial charge in [-0.3, -0.25) is 4.79 Å². The number of rotatable bonds is 8. The van der Waals surface area contributed by atoms with Crippen LogP contribution < -0.4 is 9.46 Å². The summed E-state index contributed by atoms with van der Waals surface area (Å²) in [5.41, 5.74) is 0.908. The van der Waals surface area contributed by atoms with E-state index in [1.807, 2.05) is 18.2 Å². The maximum atomic E-state index is 12.2. The summed E-state index contributed by atoms with van der Waals surface area (Å²) in [5, 5.41) is 0. The van der Waals surface area contributed by atoms with Crippen LogP contribution in [-0.2, 0) is 26.1 Å². The van der Waals surface area contributed by atoms with E-state index in [1.165, 1.54) is 36.2 Å². The highest BCUT2D eigenvalue weighted by molar-refractivity contribution is 7.89. The molecule has 0 aliphatic carbocycles. The van der Waals surface area contributed by atoms with Gasteiger partial charge in [0.15, 0.2) is 6.61 Å². The van der Waals surface area contributed by atoms with Crippen LogP contribution in [0.3, 0.4) is 0 Å². The molecule has 0 saturated carbocycles. The van der Waals surface area contributed by atoms with Gasteiger partial charge in [0.25, 0.3) is 5.91 Å². The molecule has 150 valence electrons. The van der Waals surface area contributed by atoms with Crippen molar-refractivity contribution in [1.29, 1.82) is 0 Å². The van der Waals surface area contributed by atoms with E-state index in [-0.39, 0.29) is 10.5 Å². The van der Waals surface area contributed by atoms with E-state index >= 15 is 0 Å². The van der Waals surface area contributed by atoms with E-state index < -0.39 is 28.5 Å². The van der Waals surface area contributed by atoms with Gasteiger partial charge in [-0.05, 0) is 42.9 Å². The number of likely N-dealkylation sites (N-methyl/N-ethyl adjacent to an activating group) is 1. The third-order valence-corrected chi connectivity index (χ3v) is 5.37. The number of carbonyl (C=O) groups excluding carboxylic acids is 2. The molecular formula is C19H22N2O6S. The van der Waals surface area contributed by atoms with Crippen LogP contribution in [0.25, 0.3) is 0 Å². The molecule has 2 rings (SSSR count). The topological polar surface area (TPSA) is 102 Å². The summed E-state index contributed by atoms with van der Waals surface area (Å²) in [5.74, 6) is -0.493. The summed E-state index contributed by atoms with van der Waals surface area (Å²) in [6, 6.07) is 12.7. The number of amides is 1. The molecule has 0 fully saturated rings. The number of benzene rings is 2. The van der Waals surface area contributed by atoms with Crippen LogP contribution in [0.4, 0.5) is 0 Å². The lowest BCUT2D eigenvalue weighted by atomic mass is 10.2. The molecule has 0 heterocycles. The van der Waals surface area contributed by atoms with E-state index in [4.69, 9.17) is 9.47 Å². The smallest absolute Gasteiger partial charge is 0.338 e. The van der Waals surface area contributed by atoms with Gasteiger partial charge >= 0.3 is 5.97 Å². The van der Waals surface area contributed by atoms with Crippen molar-refractivity contribution in [1.82, 2.24) is 9.62 Å². The molecular weight excluding hydrogens is 384 g/mol. The van der Waals surface area contributed by atoms with Crippen molar-refractivity contribution in [3.63, 3.8) is 0 Å². The van der Waals surface area contributed by atoms with Gasteiger partial charge in [-0.25, -0.2) is 17.9 Å². The predicted octanol–water partition coefficient (Wildman–Crippen LogP) is 1.42. The third kappa shape index (κ3) is 5.54. The molecule has 0 aliphatic rings. The number of carbonyl (C=O) groups is 2. The van der Waals surface area contributed by atoms with E-state index in [9.17, 15) is 18.0 Å². The van der Waals surface area contributed by atoms with E-state index in [0.717, 1.165) is 5.56 Å². The minimum absolute atomic E-state index is 0.0413. The SMILES string of the molecule is CNS(=O)(=O)c1cccc(C(=O)OCC(=O)N(C)Cc2cccc(OC)c2)c1. The van der Waals surface area contributed by atoms with Gasteiger partial charge in [0.2, 0.25) is 10.0 Å². The van der Waals surface area contributed by atoms with Crippen LogP contribution in [0.5, 0.6) is 5.75 Å². The Kier molecular flexibility index (Phi) is 7.13. The first-order valence-electron chi connectivity index (χ1n) is 8.34. The summed E-state index contributed by atoms with van der Waals surface area (Å²) in [4.78, 5) is 25.7. The van der Waals surface area contributed by atoms with E-state index in [2.05, 4.69) is 4.72 Å². The quantitative estimate of drug-likeness (QED) is 0.665. The molecule has 0 bridgehead atoms. The first kappa shape index (κ1) is 21.4. The number of hydrogen-bond acceptors (Lipinski definition) is 6. The molecule has 1 N–H and O–H groups in total. The van der Waals surface area contributed by atoms with Gasteiger partial charge in [0, 0.05) is 13.6 Å². The van der Waals surface area contributed by atoms with Crippen LogP contribution >= 0.6 is 0 Å². The molecule has 0 aromatic heterocycles. The van der Waals surface area contributed by atoms with Gasteiger partial charge in [-0.15, -0.1) is 0 Å². The van der Waals surface area contributed by atoms with Crippen molar-refractivity contribution in [2.75, 3.05) is 27.8 Å². The zero-order valence-electron chi connectivity index (χ0n) is 15.8. The molecule has 0 aliphatic heterocycles. The second-order valence-electron chi connectivity index (χ2n) is 5.91. The number of ether oxygens (including phenoxy) is 2. The number of hydrogen-bond donors (Lipinski definition) is 1. The fourth-order valence-corrected chi connectivity index (χ4v) is 3.14. The van der Waals surface area contributed by atoms with Gasteiger partial charge < -0.3 is 14.4 Å². The Bertz CT molecular complexity index is 958. The predicted molar refractivity (Wildman–Crippen MR) is 102 cm³/mol. The Balaban J connectivity index is 1.96. The number of sulfonamides is 1. The molecule has 0 saturated heterocycles. The Morgan fingerprint density at radius 2 is 1.82 bits per heavy atom. The summed E-state index contributed by atoms with van der Waals surface area (Å²) in [7, 11) is 0.745. The molecule has 28 heavy (non-hydrogen) atoms. The van der Waals surface area contributed by atoms with Crippen molar-refractivity contribution >= 4 is 21.9 Å². The number of esters is 1. The first-order valence-corrected chi connectivity index (χ1v) is 9.83. The summed E-state index contributed by atoms with van der Waals surface area (Å²) in [6.07, 6.45) is 0. The zero-order chi connectivity index (χ0) is 20.7. The van der Waals surface area contributed by atoms with Crippen LogP contribution in [0.15, 0.2) is 53.4 Å². The Morgan fingerprint density at radius 3 is 2.50 bits per heavy atom. The molecule has 0 atom stereocenters. The second-order valence-corrected chi connectivity index (χ2v) is 7.80. The minimum Gasteiger partial charge on any atom is -0.497 e. The summed E-state index contributed by atoms with van der Waals surface area (Å²) in [6.45, 7) is -0.133. The number of nitrogens with zero attached hydrogens (tertiary/aromatic N) is 1. The zero-order valence-corrected chi connectivity index (χ0v) is 16.7. The highest BCUT2D eigenvalue weighted by Gasteiger charge is 2.17. The highest BCUT2D eigenvalue weighted by atomic mass is 32.2. The maximum Gasteiger partial charge on any atom is 0.338 e. The highest BCUT2D eigenvalue weighted by Crippen LogP contribution is 2.14. The van der Waals surface area contributed by atoms with Crippen molar-refractivity contribution in [3.05, 3.63) is 59.7 Å². The molecule has 0 spiro atoms. The van der Waals surface area contributed by atoms with Gasteiger partial charge in [-0.1, -0.05) is 18.2 Å². The lowest BCUT2D eigenvalue weighted by molar-refractivity contribution is -0.133. The first-order chi connectivity index (χ1) is 13.3. The van der Waals surface area contributed by atoms with Crippen LogP contribution in [0, 0.1) is 0 Å². The van der Waals surface area contributed by atoms with Crippen LogP contribution in [0.1, 0.15) is 15.9 Å². The second kappa shape index (κ2) is 9.34. The van der Waals surface area contributed by atoms with Gasteiger partial charge in [0.05, 0.1) is 17.6 Å². The normalized spacial score (nSPS) is 11.0. The number of nitrogens with one attached hydrogen (secondary N) is 1. The van der Waals surface area contributed by atoms with Crippen molar-refractivity contribution < 1.29 is 27.5 Å². The molecule has 0 radical (unpaired) electrons. The number of methoxy groups -OCH3 is 1. The molecule has 0 unspecified atom stereocenters. The third-order valence-electron chi connectivity index (χ3n) is 3.96. The van der Waals surface area contributed by atoms with Gasteiger partial charge in [0.1, 0.15) is 5.75 Å². The Morgan fingerprint density at radius 1 is 1.11 bits per heavy atom. The van der Waals surface area contributed by atoms with Crippen molar-refractivity contribution in [3.8, 4) is 5.75 Å². The molecule has 9 heteroatoms. The minimum atomic E-state index is -3.68. The van der Waals surface area contributed by atoms with E-state index in [0.29, 0.717) is 12.3 Å².